The molecule has 1 aliphatic heterocycles. The maximum atomic E-state index is 13.4. The number of Topliss-reactive ketones (excluding diaryl/α,β-unsaturated/α-hetero) is 1. The number of carboxylic acids is 1. The first-order valence-electron chi connectivity index (χ1n) is 11.3. The molecule has 2 N–H and O–H groups in total. The number of ether oxygens (including phenoxy) is 3. The van der Waals surface area contributed by atoms with Crippen LogP contribution in [-0.4, -0.2) is 49.2 Å². The fourth-order valence-corrected chi connectivity index (χ4v) is 4.29. The number of nitrogens with zero attached hydrogens (tertiary/aromatic N) is 1. The number of carbonyl (C=O) groups excluding carboxylic acids is 2. The number of carboxylic acid groups (broad SMARTS) is 1. The SMILES string of the molecule is COc1ccc(C2/C(=C(/O)c3ccc(OC)cc3OC)C(=O)C(=O)N2c2ccc(CC(=O)O)cc2)cc1. The molecule has 0 radical (unpaired) electrons. The second-order valence-corrected chi connectivity index (χ2v) is 8.25. The third-order valence-corrected chi connectivity index (χ3v) is 6.11. The van der Waals surface area contributed by atoms with Gasteiger partial charge in [0.25, 0.3) is 11.7 Å². The lowest BCUT2D eigenvalue weighted by Gasteiger charge is -2.26. The molecule has 3 aromatic carbocycles. The number of rotatable bonds is 8. The van der Waals surface area contributed by atoms with Crippen LogP contribution < -0.4 is 19.1 Å². The van der Waals surface area contributed by atoms with Gasteiger partial charge in [-0.3, -0.25) is 19.3 Å². The van der Waals surface area contributed by atoms with Crippen molar-refractivity contribution < 1.29 is 38.8 Å². The molecule has 9 nitrogen and oxygen atoms in total. The number of benzene rings is 3. The predicted molar refractivity (Wildman–Crippen MR) is 135 cm³/mol. The lowest BCUT2D eigenvalue weighted by atomic mass is 9.94. The number of aliphatic carboxylic acids is 1. The van der Waals surface area contributed by atoms with Crippen molar-refractivity contribution in [3.8, 4) is 17.2 Å². The van der Waals surface area contributed by atoms with Crippen LogP contribution in [0.4, 0.5) is 5.69 Å². The van der Waals surface area contributed by atoms with E-state index in [0.717, 1.165) is 0 Å². The van der Waals surface area contributed by atoms with Gasteiger partial charge in [0, 0.05) is 11.8 Å². The summed E-state index contributed by atoms with van der Waals surface area (Å²) in [7, 11) is 4.44. The van der Waals surface area contributed by atoms with Crippen LogP contribution in [0, 0.1) is 0 Å². The summed E-state index contributed by atoms with van der Waals surface area (Å²) < 4.78 is 15.9. The summed E-state index contributed by atoms with van der Waals surface area (Å²) in [6, 6.07) is 16.9. The summed E-state index contributed by atoms with van der Waals surface area (Å²) >= 11 is 0. The zero-order valence-corrected chi connectivity index (χ0v) is 20.4. The molecule has 0 aliphatic carbocycles. The van der Waals surface area contributed by atoms with Crippen molar-refractivity contribution in [1.29, 1.82) is 0 Å². The Bertz CT molecular complexity index is 1380. The van der Waals surface area contributed by atoms with E-state index in [0.29, 0.717) is 28.3 Å². The molecule has 3 aromatic rings. The van der Waals surface area contributed by atoms with Crippen LogP contribution in [0.2, 0.25) is 0 Å². The van der Waals surface area contributed by atoms with Crippen LogP contribution in [0.25, 0.3) is 5.76 Å². The molecule has 4 rings (SSSR count). The van der Waals surface area contributed by atoms with E-state index in [4.69, 9.17) is 19.3 Å². The van der Waals surface area contributed by atoms with E-state index in [-0.39, 0.29) is 23.3 Å². The molecule has 1 fully saturated rings. The molecule has 1 unspecified atom stereocenters. The van der Waals surface area contributed by atoms with Crippen LogP contribution in [0.5, 0.6) is 17.2 Å². The minimum Gasteiger partial charge on any atom is -0.507 e. The Morgan fingerprint density at radius 1 is 0.838 bits per heavy atom. The molecule has 0 saturated carbocycles. The molecule has 1 heterocycles. The summed E-state index contributed by atoms with van der Waals surface area (Å²) in [6.45, 7) is 0. The van der Waals surface area contributed by atoms with Crippen molar-refractivity contribution in [2.45, 2.75) is 12.5 Å². The molecule has 37 heavy (non-hydrogen) atoms. The second kappa shape index (κ2) is 10.4. The highest BCUT2D eigenvalue weighted by atomic mass is 16.5. The Kier molecular flexibility index (Phi) is 7.15. The van der Waals surface area contributed by atoms with Crippen LogP contribution in [0.15, 0.2) is 72.3 Å². The minimum atomic E-state index is -0.986. The quantitative estimate of drug-likeness (QED) is 0.269. The van der Waals surface area contributed by atoms with Gasteiger partial charge in [-0.15, -0.1) is 0 Å². The van der Waals surface area contributed by atoms with Gasteiger partial charge >= 0.3 is 5.97 Å². The fourth-order valence-electron chi connectivity index (χ4n) is 4.29. The highest BCUT2D eigenvalue weighted by Crippen LogP contribution is 2.44. The van der Waals surface area contributed by atoms with Gasteiger partial charge in [0.2, 0.25) is 0 Å². The standard InChI is InChI=1S/C28H25NO8/c1-35-19-10-6-17(7-11-19)25-24(26(32)21-13-12-20(36-2)15-22(21)37-3)27(33)28(34)29(25)18-8-4-16(5-9-18)14-23(30)31/h4-13,15,25,32H,14H2,1-3H3,(H,30,31)/b26-24-. The van der Waals surface area contributed by atoms with Crippen molar-refractivity contribution in [2.75, 3.05) is 26.2 Å². The zero-order chi connectivity index (χ0) is 26.7. The summed E-state index contributed by atoms with van der Waals surface area (Å²) in [4.78, 5) is 39.1. The molecular weight excluding hydrogens is 478 g/mol. The molecule has 0 aromatic heterocycles. The van der Waals surface area contributed by atoms with Crippen molar-refractivity contribution in [1.82, 2.24) is 0 Å². The van der Waals surface area contributed by atoms with Crippen molar-refractivity contribution in [3.63, 3.8) is 0 Å². The Morgan fingerprint density at radius 3 is 2.03 bits per heavy atom. The number of aliphatic hydroxyl groups excluding tert-OH is 1. The third kappa shape index (κ3) is 4.84. The van der Waals surface area contributed by atoms with E-state index in [9.17, 15) is 19.5 Å². The van der Waals surface area contributed by atoms with Crippen molar-refractivity contribution in [3.05, 3.63) is 89.0 Å². The highest BCUT2D eigenvalue weighted by Gasteiger charge is 2.47. The van der Waals surface area contributed by atoms with Crippen molar-refractivity contribution in [2.24, 2.45) is 0 Å². The maximum Gasteiger partial charge on any atom is 0.307 e. The Balaban J connectivity index is 1.90. The summed E-state index contributed by atoms with van der Waals surface area (Å²) in [5.41, 5.74) is 1.57. The van der Waals surface area contributed by atoms with E-state index in [1.165, 1.54) is 26.2 Å². The smallest absolute Gasteiger partial charge is 0.307 e. The Labute approximate surface area is 213 Å². The number of ketones is 1. The van der Waals surface area contributed by atoms with E-state index < -0.39 is 29.5 Å². The molecule has 190 valence electrons. The summed E-state index contributed by atoms with van der Waals surface area (Å²) in [6.07, 6.45) is -0.182. The average Bonchev–Trinajstić information content (AvgIpc) is 3.18. The van der Waals surface area contributed by atoms with E-state index in [2.05, 4.69) is 0 Å². The highest BCUT2D eigenvalue weighted by molar-refractivity contribution is 6.51. The van der Waals surface area contributed by atoms with Gasteiger partial charge < -0.3 is 24.4 Å². The zero-order valence-electron chi connectivity index (χ0n) is 20.4. The van der Waals surface area contributed by atoms with Gasteiger partial charge in [0.15, 0.2) is 0 Å². The number of carbonyl (C=O) groups is 3. The van der Waals surface area contributed by atoms with Crippen LogP contribution in [0.3, 0.4) is 0 Å². The number of methoxy groups -OCH3 is 3. The van der Waals surface area contributed by atoms with Gasteiger partial charge in [-0.1, -0.05) is 24.3 Å². The fraction of sp³-hybridized carbons (Fsp3) is 0.179. The first-order chi connectivity index (χ1) is 17.8. The molecule has 0 bridgehead atoms. The van der Waals surface area contributed by atoms with E-state index in [1.807, 2.05) is 0 Å². The second-order valence-electron chi connectivity index (χ2n) is 8.25. The number of amides is 1. The van der Waals surface area contributed by atoms with Gasteiger partial charge in [-0.2, -0.15) is 0 Å². The first-order valence-corrected chi connectivity index (χ1v) is 11.3. The lowest BCUT2D eigenvalue weighted by Crippen LogP contribution is -2.29. The first kappa shape index (κ1) is 25.3. The number of anilines is 1. The van der Waals surface area contributed by atoms with E-state index >= 15 is 0 Å². The minimum absolute atomic E-state index is 0.117. The van der Waals surface area contributed by atoms with E-state index in [1.54, 1.807) is 66.7 Å². The molecule has 1 saturated heterocycles. The largest absolute Gasteiger partial charge is 0.507 e. The topological polar surface area (TPSA) is 123 Å². The molecule has 1 atom stereocenters. The predicted octanol–water partition coefficient (Wildman–Crippen LogP) is 3.97. The Hall–Kier alpha value is -4.79. The monoisotopic (exact) mass is 503 g/mol. The number of hydrogen-bond acceptors (Lipinski definition) is 7. The Morgan fingerprint density at radius 2 is 1.46 bits per heavy atom. The van der Waals surface area contributed by atoms with Gasteiger partial charge in [-0.05, 0) is 47.5 Å². The van der Waals surface area contributed by atoms with Crippen LogP contribution >= 0.6 is 0 Å². The average molecular weight is 504 g/mol. The molecule has 1 aliphatic rings. The van der Waals surface area contributed by atoms with Crippen LogP contribution in [0.1, 0.15) is 22.7 Å². The van der Waals surface area contributed by atoms with Gasteiger partial charge in [0.1, 0.15) is 23.0 Å². The van der Waals surface area contributed by atoms with Gasteiger partial charge in [-0.25, -0.2) is 0 Å². The molecule has 1 amide bonds. The molecule has 0 spiro atoms. The third-order valence-electron chi connectivity index (χ3n) is 6.11. The normalized spacial score (nSPS) is 16.5. The lowest BCUT2D eigenvalue weighted by molar-refractivity contribution is -0.136. The van der Waals surface area contributed by atoms with Crippen molar-refractivity contribution >= 4 is 29.1 Å². The molecular formula is C28H25NO8. The summed E-state index contributed by atoms with van der Waals surface area (Å²) in [5.74, 6) is -1.76. The van der Waals surface area contributed by atoms with Crippen LogP contribution in [-0.2, 0) is 20.8 Å². The summed E-state index contributed by atoms with van der Waals surface area (Å²) in [5, 5.41) is 20.5. The van der Waals surface area contributed by atoms with Gasteiger partial charge in [0.05, 0.1) is 44.9 Å². The maximum absolute atomic E-state index is 13.4. The number of hydrogen-bond donors (Lipinski definition) is 2. The molecule has 9 heteroatoms. The number of aliphatic hydroxyl groups is 1.